The topological polar surface area (TPSA) is 43.9 Å². The average Bonchev–Trinajstić information content (AvgIpc) is 2.94. The van der Waals surface area contributed by atoms with Gasteiger partial charge in [0.2, 0.25) is 0 Å². The molecule has 2 heterocycles. The maximum absolute atomic E-state index is 12.4. The Balaban J connectivity index is 1.21. The van der Waals surface area contributed by atoms with E-state index >= 15 is 0 Å². The van der Waals surface area contributed by atoms with E-state index in [-0.39, 0.29) is 11.8 Å². The van der Waals surface area contributed by atoms with Crippen LogP contribution in [0.25, 0.3) is 0 Å². The Morgan fingerprint density at radius 2 is 1.43 bits per heavy atom. The highest BCUT2D eigenvalue weighted by atomic mass is 35.5. The molecular formula is C22H24ClN3O2. The summed E-state index contributed by atoms with van der Waals surface area (Å²) in [6.07, 6.45) is 0.805. The first-order chi connectivity index (χ1) is 13.6. The van der Waals surface area contributed by atoms with Gasteiger partial charge in [0.25, 0.3) is 11.8 Å². The molecule has 0 aliphatic carbocycles. The maximum Gasteiger partial charge on any atom is 0.261 e. The van der Waals surface area contributed by atoms with Crippen LogP contribution in [0.3, 0.4) is 0 Å². The molecule has 0 N–H and O–H groups in total. The van der Waals surface area contributed by atoms with Gasteiger partial charge in [-0.15, -0.1) is 0 Å². The van der Waals surface area contributed by atoms with Crippen LogP contribution in [0.15, 0.2) is 48.5 Å². The number of rotatable bonds is 6. The Bertz CT molecular complexity index is 843. The minimum absolute atomic E-state index is 0.160. The molecule has 0 aromatic heterocycles. The molecule has 6 heteroatoms. The molecule has 2 amide bonds. The molecule has 0 atom stereocenters. The molecule has 0 radical (unpaired) electrons. The summed E-state index contributed by atoms with van der Waals surface area (Å²) in [6.45, 7) is 6.33. The number of fused-ring (bicyclic) bond motifs is 1. The molecule has 0 saturated carbocycles. The minimum atomic E-state index is -0.160. The van der Waals surface area contributed by atoms with Crippen LogP contribution in [0.2, 0.25) is 5.02 Å². The highest BCUT2D eigenvalue weighted by molar-refractivity contribution is 6.30. The van der Waals surface area contributed by atoms with E-state index in [2.05, 4.69) is 15.9 Å². The van der Waals surface area contributed by atoms with Gasteiger partial charge in [-0.05, 0) is 42.8 Å². The van der Waals surface area contributed by atoms with Crippen LogP contribution in [-0.2, 0) is 6.54 Å². The molecule has 5 nitrogen and oxygen atoms in total. The summed E-state index contributed by atoms with van der Waals surface area (Å²) in [6, 6.07) is 15.1. The normalized spacial score (nSPS) is 18.0. The number of carbonyl (C=O) groups is 2. The van der Waals surface area contributed by atoms with Crippen molar-refractivity contribution < 1.29 is 9.59 Å². The number of amides is 2. The van der Waals surface area contributed by atoms with Crippen molar-refractivity contribution in [2.75, 3.05) is 39.3 Å². The first-order valence-corrected chi connectivity index (χ1v) is 10.1. The number of imide groups is 1. The van der Waals surface area contributed by atoms with Crippen molar-refractivity contribution in [1.82, 2.24) is 14.7 Å². The van der Waals surface area contributed by atoms with Crippen LogP contribution in [-0.4, -0.2) is 65.8 Å². The van der Waals surface area contributed by atoms with Crippen LogP contribution < -0.4 is 0 Å². The van der Waals surface area contributed by atoms with Gasteiger partial charge in [0, 0.05) is 44.3 Å². The lowest BCUT2D eigenvalue weighted by atomic mass is 10.1. The fourth-order valence-corrected chi connectivity index (χ4v) is 4.17. The second-order valence-electron chi connectivity index (χ2n) is 7.41. The van der Waals surface area contributed by atoms with Crippen LogP contribution in [0.5, 0.6) is 0 Å². The van der Waals surface area contributed by atoms with Gasteiger partial charge in [0.15, 0.2) is 0 Å². The summed E-state index contributed by atoms with van der Waals surface area (Å²) in [7, 11) is 0. The summed E-state index contributed by atoms with van der Waals surface area (Å²) in [5.74, 6) is -0.320. The molecular weight excluding hydrogens is 374 g/mol. The number of piperazine rings is 1. The molecule has 2 aliphatic rings. The highest BCUT2D eigenvalue weighted by Gasteiger charge is 2.34. The van der Waals surface area contributed by atoms with Gasteiger partial charge in [-0.1, -0.05) is 35.9 Å². The number of halogens is 1. The van der Waals surface area contributed by atoms with Gasteiger partial charge in [-0.2, -0.15) is 0 Å². The zero-order valence-corrected chi connectivity index (χ0v) is 16.6. The summed E-state index contributed by atoms with van der Waals surface area (Å²) >= 11 is 6.07. The van der Waals surface area contributed by atoms with E-state index in [4.69, 9.17) is 11.6 Å². The van der Waals surface area contributed by atoms with Crippen LogP contribution in [0, 0.1) is 0 Å². The number of nitrogens with zero attached hydrogens (tertiary/aromatic N) is 3. The van der Waals surface area contributed by atoms with E-state index in [1.807, 2.05) is 18.2 Å². The Kier molecular flexibility index (Phi) is 5.76. The Labute approximate surface area is 170 Å². The number of hydrogen-bond acceptors (Lipinski definition) is 4. The number of carbonyl (C=O) groups excluding carboxylic acids is 2. The lowest BCUT2D eigenvalue weighted by Crippen LogP contribution is -2.46. The molecule has 2 aliphatic heterocycles. The van der Waals surface area contributed by atoms with Crippen molar-refractivity contribution in [3.8, 4) is 0 Å². The van der Waals surface area contributed by atoms with Gasteiger partial charge < -0.3 is 4.90 Å². The fourth-order valence-electron chi connectivity index (χ4n) is 3.96. The van der Waals surface area contributed by atoms with Crippen molar-refractivity contribution >= 4 is 23.4 Å². The van der Waals surface area contributed by atoms with Crippen molar-refractivity contribution in [1.29, 1.82) is 0 Å². The van der Waals surface area contributed by atoms with Gasteiger partial charge in [-0.25, -0.2) is 0 Å². The van der Waals surface area contributed by atoms with Crippen LogP contribution in [0.4, 0.5) is 0 Å². The fraction of sp³-hybridized carbons (Fsp3) is 0.364. The Morgan fingerprint density at radius 3 is 2.07 bits per heavy atom. The SMILES string of the molecule is O=C1c2ccccc2C(=O)N1CCCN1CCN(Cc2cccc(Cl)c2)CC1. The van der Waals surface area contributed by atoms with E-state index < -0.39 is 0 Å². The molecule has 0 bridgehead atoms. The first-order valence-electron chi connectivity index (χ1n) is 9.76. The Hall–Kier alpha value is -2.21. The van der Waals surface area contributed by atoms with Crippen molar-refractivity contribution in [3.63, 3.8) is 0 Å². The van der Waals surface area contributed by atoms with Crippen molar-refractivity contribution in [3.05, 3.63) is 70.2 Å². The van der Waals surface area contributed by atoms with Crippen molar-refractivity contribution in [2.45, 2.75) is 13.0 Å². The largest absolute Gasteiger partial charge is 0.301 e. The standard InChI is InChI=1S/C22H24ClN3O2/c23-18-6-3-5-17(15-18)16-25-13-11-24(12-14-25)9-4-10-26-21(27)19-7-1-2-8-20(19)22(26)28/h1-3,5-8,15H,4,9-14,16H2. The monoisotopic (exact) mass is 397 g/mol. The van der Waals surface area contributed by atoms with Crippen LogP contribution in [0.1, 0.15) is 32.7 Å². The van der Waals surface area contributed by atoms with E-state index in [0.29, 0.717) is 17.7 Å². The summed E-state index contributed by atoms with van der Waals surface area (Å²) in [4.78, 5) is 31.0. The van der Waals surface area contributed by atoms with E-state index in [1.165, 1.54) is 10.5 Å². The second-order valence-corrected chi connectivity index (χ2v) is 7.85. The maximum atomic E-state index is 12.4. The lowest BCUT2D eigenvalue weighted by molar-refractivity contribution is 0.0640. The summed E-state index contributed by atoms with van der Waals surface area (Å²) < 4.78 is 0. The van der Waals surface area contributed by atoms with Gasteiger partial charge in [-0.3, -0.25) is 19.4 Å². The highest BCUT2D eigenvalue weighted by Crippen LogP contribution is 2.22. The predicted molar refractivity (Wildman–Crippen MR) is 110 cm³/mol. The summed E-state index contributed by atoms with van der Waals surface area (Å²) in [5.41, 5.74) is 2.30. The van der Waals surface area contributed by atoms with Gasteiger partial charge in [0.1, 0.15) is 0 Å². The molecule has 4 rings (SSSR count). The number of benzene rings is 2. The van der Waals surface area contributed by atoms with Crippen LogP contribution >= 0.6 is 11.6 Å². The molecule has 2 aromatic rings. The third-order valence-corrected chi connectivity index (χ3v) is 5.73. The molecule has 28 heavy (non-hydrogen) atoms. The number of hydrogen-bond donors (Lipinski definition) is 0. The van der Waals surface area contributed by atoms with E-state index in [1.54, 1.807) is 24.3 Å². The molecule has 1 saturated heterocycles. The van der Waals surface area contributed by atoms with E-state index in [0.717, 1.165) is 50.7 Å². The zero-order chi connectivity index (χ0) is 19.5. The van der Waals surface area contributed by atoms with Crippen molar-refractivity contribution in [2.24, 2.45) is 0 Å². The first kappa shape index (κ1) is 19.1. The van der Waals surface area contributed by atoms with Gasteiger partial charge >= 0.3 is 0 Å². The molecule has 0 spiro atoms. The van der Waals surface area contributed by atoms with E-state index in [9.17, 15) is 9.59 Å². The average molecular weight is 398 g/mol. The summed E-state index contributed by atoms with van der Waals surface area (Å²) in [5, 5.41) is 0.782. The second kappa shape index (κ2) is 8.43. The quantitative estimate of drug-likeness (QED) is 0.702. The smallest absolute Gasteiger partial charge is 0.261 e. The third kappa shape index (κ3) is 4.12. The molecule has 2 aromatic carbocycles. The zero-order valence-electron chi connectivity index (χ0n) is 15.8. The molecule has 1 fully saturated rings. The lowest BCUT2D eigenvalue weighted by Gasteiger charge is -2.35. The Morgan fingerprint density at radius 1 is 0.786 bits per heavy atom. The minimum Gasteiger partial charge on any atom is -0.301 e. The third-order valence-electron chi connectivity index (χ3n) is 5.49. The van der Waals surface area contributed by atoms with Gasteiger partial charge in [0.05, 0.1) is 11.1 Å². The molecule has 146 valence electrons. The molecule has 0 unspecified atom stereocenters. The predicted octanol–water partition coefficient (Wildman–Crippen LogP) is 3.14.